The molecule has 90 valence electrons. The number of aliphatic hydroxyl groups excluding tert-OH is 1. The molecular formula is C13H9NO3S. The molecule has 0 saturated carbocycles. The number of ketones is 2. The number of fused-ring (bicyclic) bond motifs is 2. The zero-order chi connectivity index (χ0) is 12.9. The lowest BCUT2D eigenvalue weighted by atomic mass is 9.93. The summed E-state index contributed by atoms with van der Waals surface area (Å²) in [6, 6.07) is 4.83. The highest BCUT2D eigenvalue weighted by atomic mass is 32.1. The van der Waals surface area contributed by atoms with Crippen molar-refractivity contribution in [3.05, 3.63) is 51.0 Å². The fourth-order valence-corrected chi connectivity index (χ4v) is 3.02. The van der Waals surface area contributed by atoms with Gasteiger partial charge in [-0.05, 0) is 25.1 Å². The summed E-state index contributed by atoms with van der Waals surface area (Å²) in [5.74, 6) is -0.437. The van der Waals surface area contributed by atoms with Crippen LogP contribution < -0.4 is 0 Å². The summed E-state index contributed by atoms with van der Waals surface area (Å²) in [7, 11) is 0. The molecule has 2 heterocycles. The van der Waals surface area contributed by atoms with Crippen LogP contribution >= 0.6 is 11.3 Å². The van der Waals surface area contributed by atoms with E-state index in [1.54, 1.807) is 25.1 Å². The van der Waals surface area contributed by atoms with Gasteiger partial charge in [0.25, 0.3) is 0 Å². The van der Waals surface area contributed by atoms with Gasteiger partial charge in [0.15, 0.2) is 0 Å². The molecule has 0 amide bonds. The van der Waals surface area contributed by atoms with Crippen LogP contribution in [0.4, 0.5) is 0 Å². The van der Waals surface area contributed by atoms with E-state index < -0.39 is 6.10 Å². The number of nitrogens with zero attached hydrogens (tertiary/aromatic N) is 1. The second kappa shape index (κ2) is 3.83. The molecule has 1 aliphatic rings. The maximum absolute atomic E-state index is 12.2. The lowest BCUT2D eigenvalue weighted by molar-refractivity contribution is 0.0978. The fourth-order valence-electron chi connectivity index (χ4n) is 1.97. The molecule has 0 fully saturated rings. The number of hydrogen-bond donors (Lipinski definition) is 1. The molecule has 0 spiro atoms. The molecule has 3 rings (SSSR count). The average molecular weight is 259 g/mol. The molecular weight excluding hydrogens is 250 g/mol. The third kappa shape index (κ3) is 1.45. The topological polar surface area (TPSA) is 67.3 Å². The second-order valence-electron chi connectivity index (χ2n) is 4.13. The Bertz CT molecular complexity index is 620. The molecule has 1 unspecified atom stereocenters. The molecule has 2 aromatic rings. The number of hydrogen-bond acceptors (Lipinski definition) is 5. The van der Waals surface area contributed by atoms with Crippen molar-refractivity contribution in [1.29, 1.82) is 0 Å². The maximum atomic E-state index is 12.2. The number of thiophene rings is 1. The van der Waals surface area contributed by atoms with E-state index in [9.17, 15) is 14.7 Å². The van der Waals surface area contributed by atoms with Crippen molar-refractivity contribution in [3.8, 4) is 0 Å². The van der Waals surface area contributed by atoms with Crippen molar-refractivity contribution in [2.45, 2.75) is 13.0 Å². The van der Waals surface area contributed by atoms with Crippen LogP contribution in [0.15, 0.2) is 24.4 Å². The first-order chi connectivity index (χ1) is 8.59. The number of carbonyl (C=O) groups excluding carboxylic acids is 2. The smallest absolute Gasteiger partial charge is 0.213 e. The van der Waals surface area contributed by atoms with Gasteiger partial charge in [0.05, 0.1) is 16.5 Å². The Labute approximate surface area is 107 Å². The summed E-state index contributed by atoms with van der Waals surface area (Å²) >= 11 is 1.17. The predicted molar refractivity (Wildman–Crippen MR) is 66.1 cm³/mol. The van der Waals surface area contributed by atoms with E-state index in [1.807, 2.05) is 0 Å². The highest BCUT2D eigenvalue weighted by molar-refractivity contribution is 7.14. The van der Waals surface area contributed by atoms with Gasteiger partial charge in [-0.2, -0.15) is 0 Å². The van der Waals surface area contributed by atoms with Crippen LogP contribution in [0.5, 0.6) is 0 Å². The van der Waals surface area contributed by atoms with E-state index in [0.29, 0.717) is 20.9 Å². The molecule has 18 heavy (non-hydrogen) atoms. The van der Waals surface area contributed by atoms with Crippen LogP contribution in [0, 0.1) is 0 Å². The van der Waals surface area contributed by atoms with E-state index in [4.69, 9.17) is 0 Å². The number of aromatic nitrogens is 1. The van der Waals surface area contributed by atoms with Crippen molar-refractivity contribution in [3.63, 3.8) is 0 Å². The second-order valence-corrected chi connectivity index (χ2v) is 5.21. The Kier molecular flexibility index (Phi) is 2.39. The van der Waals surface area contributed by atoms with Crippen molar-refractivity contribution < 1.29 is 14.7 Å². The quantitative estimate of drug-likeness (QED) is 0.725. The molecule has 0 aromatic carbocycles. The SMILES string of the molecule is CC(O)c1cc2c(s1)C(=O)c1cccnc1C2=O. The molecule has 5 heteroatoms. The molecule has 1 atom stereocenters. The Morgan fingerprint density at radius 3 is 2.78 bits per heavy atom. The Balaban J connectivity index is 2.24. The summed E-state index contributed by atoms with van der Waals surface area (Å²) in [6.07, 6.45) is 0.814. The first-order valence-corrected chi connectivity index (χ1v) is 6.27. The van der Waals surface area contributed by atoms with E-state index in [0.717, 1.165) is 0 Å². The Hall–Kier alpha value is -1.85. The summed E-state index contributed by atoms with van der Waals surface area (Å²) in [6.45, 7) is 1.61. The summed E-state index contributed by atoms with van der Waals surface area (Å²) < 4.78 is 0. The molecule has 0 saturated heterocycles. The largest absolute Gasteiger partial charge is 0.388 e. The molecule has 1 aliphatic carbocycles. The van der Waals surface area contributed by atoms with Gasteiger partial charge in [0.1, 0.15) is 5.69 Å². The molecule has 4 nitrogen and oxygen atoms in total. The molecule has 0 aliphatic heterocycles. The third-order valence-electron chi connectivity index (χ3n) is 2.88. The van der Waals surface area contributed by atoms with Gasteiger partial charge in [-0.15, -0.1) is 11.3 Å². The first-order valence-electron chi connectivity index (χ1n) is 5.46. The van der Waals surface area contributed by atoms with Gasteiger partial charge in [-0.3, -0.25) is 14.6 Å². The van der Waals surface area contributed by atoms with Crippen LogP contribution in [0.2, 0.25) is 0 Å². The standard InChI is InChI=1S/C13H9NO3S/c1-6(15)9-5-8-11(16)10-7(3-2-4-14-10)12(17)13(8)18-9/h2-6,15H,1H3. The van der Waals surface area contributed by atoms with Crippen LogP contribution in [-0.4, -0.2) is 21.7 Å². The summed E-state index contributed by atoms with van der Waals surface area (Å²) in [5.41, 5.74) is 0.894. The van der Waals surface area contributed by atoms with Crippen LogP contribution in [0.1, 0.15) is 49.2 Å². The van der Waals surface area contributed by atoms with E-state index >= 15 is 0 Å². The van der Waals surface area contributed by atoms with Crippen molar-refractivity contribution in [2.24, 2.45) is 0 Å². The minimum atomic E-state index is -0.683. The maximum Gasteiger partial charge on any atom is 0.213 e. The van der Waals surface area contributed by atoms with Gasteiger partial charge in [-0.1, -0.05) is 0 Å². The number of pyridine rings is 1. The molecule has 2 aromatic heterocycles. The summed E-state index contributed by atoms with van der Waals surface area (Å²) in [4.78, 5) is 29.4. The molecule has 0 bridgehead atoms. The number of rotatable bonds is 1. The normalized spacial score (nSPS) is 15.2. The minimum Gasteiger partial charge on any atom is -0.388 e. The van der Waals surface area contributed by atoms with Gasteiger partial charge < -0.3 is 5.11 Å². The first kappa shape index (κ1) is 11.3. The lowest BCUT2D eigenvalue weighted by Gasteiger charge is -2.11. The van der Waals surface area contributed by atoms with Crippen LogP contribution in [0.3, 0.4) is 0 Å². The Morgan fingerprint density at radius 2 is 2.06 bits per heavy atom. The summed E-state index contributed by atoms with van der Waals surface area (Å²) in [5, 5.41) is 9.53. The van der Waals surface area contributed by atoms with Crippen LogP contribution in [0.25, 0.3) is 0 Å². The molecule has 1 N–H and O–H groups in total. The minimum absolute atomic E-state index is 0.190. The van der Waals surface area contributed by atoms with Crippen molar-refractivity contribution >= 4 is 22.9 Å². The van der Waals surface area contributed by atoms with Crippen molar-refractivity contribution in [1.82, 2.24) is 4.98 Å². The van der Waals surface area contributed by atoms with Crippen LogP contribution in [-0.2, 0) is 0 Å². The Morgan fingerprint density at radius 1 is 1.28 bits per heavy atom. The van der Waals surface area contributed by atoms with Gasteiger partial charge in [0.2, 0.25) is 11.6 Å². The van der Waals surface area contributed by atoms with Crippen molar-refractivity contribution in [2.75, 3.05) is 0 Å². The van der Waals surface area contributed by atoms with E-state index in [2.05, 4.69) is 4.98 Å². The number of carbonyl (C=O) groups is 2. The number of aliphatic hydroxyl groups is 1. The zero-order valence-corrected chi connectivity index (χ0v) is 10.3. The average Bonchev–Trinajstić information content (AvgIpc) is 2.81. The fraction of sp³-hybridized carbons (Fsp3) is 0.154. The van der Waals surface area contributed by atoms with E-state index in [1.165, 1.54) is 17.5 Å². The predicted octanol–water partition coefficient (Wildman–Crippen LogP) is 1.97. The molecule has 0 radical (unpaired) electrons. The van der Waals surface area contributed by atoms with Gasteiger partial charge >= 0.3 is 0 Å². The van der Waals surface area contributed by atoms with Gasteiger partial charge in [0, 0.05) is 16.6 Å². The monoisotopic (exact) mass is 259 g/mol. The highest BCUT2D eigenvalue weighted by Gasteiger charge is 2.33. The van der Waals surface area contributed by atoms with Gasteiger partial charge in [-0.25, -0.2) is 0 Å². The zero-order valence-electron chi connectivity index (χ0n) is 9.51. The lowest BCUT2D eigenvalue weighted by Crippen LogP contribution is -2.19. The highest BCUT2D eigenvalue weighted by Crippen LogP contribution is 2.34. The van der Waals surface area contributed by atoms with E-state index in [-0.39, 0.29) is 17.3 Å². The third-order valence-corrected chi connectivity index (χ3v) is 4.19.